The van der Waals surface area contributed by atoms with Crippen LogP contribution in [0.2, 0.25) is 0 Å². The van der Waals surface area contributed by atoms with Crippen LogP contribution < -0.4 is 5.73 Å². The number of benzene rings is 1. The molecule has 0 fully saturated rings. The molecular formula is C11H9F3N2O. The van der Waals surface area contributed by atoms with Gasteiger partial charge in [0.1, 0.15) is 12.0 Å². The summed E-state index contributed by atoms with van der Waals surface area (Å²) in [6.45, 7) is 0.317. The van der Waals surface area contributed by atoms with Gasteiger partial charge in [-0.05, 0) is 11.6 Å². The van der Waals surface area contributed by atoms with Crippen molar-refractivity contribution in [3.8, 4) is 11.3 Å². The minimum absolute atomic E-state index is 0.146. The molecule has 2 aromatic rings. The number of rotatable bonds is 2. The molecule has 0 amide bonds. The molecule has 2 N–H and O–H groups in total. The van der Waals surface area contributed by atoms with Crippen molar-refractivity contribution in [2.45, 2.75) is 12.7 Å². The van der Waals surface area contributed by atoms with Gasteiger partial charge < -0.3 is 10.2 Å². The Kier molecular flexibility index (Phi) is 2.89. The average Bonchev–Trinajstić information content (AvgIpc) is 2.78. The van der Waals surface area contributed by atoms with E-state index in [-0.39, 0.29) is 5.69 Å². The Balaban J connectivity index is 2.37. The zero-order chi connectivity index (χ0) is 12.5. The van der Waals surface area contributed by atoms with Crippen LogP contribution in [-0.4, -0.2) is 4.98 Å². The topological polar surface area (TPSA) is 52.0 Å². The summed E-state index contributed by atoms with van der Waals surface area (Å²) in [5.41, 5.74) is 6.96. The second-order valence-electron chi connectivity index (χ2n) is 3.44. The molecule has 0 bridgehead atoms. The zero-order valence-corrected chi connectivity index (χ0v) is 8.66. The summed E-state index contributed by atoms with van der Waals surface area (Å²) in [6, 6.07) is 6.82. The smallest absolute Gasteiger partial charge is 0.441 e. The van der Waals surface area contributed by atoms with E-state index in [1.54, 1.807) is 24.3 Å². The van der Waals surface area contributed by atoms with Crippen LogP contribution in [0, 0.1) is 0 Å². The van der Waals surface area contributed by atoms with Crippen molar-refractivity contribution in [1.29, 1.82) is 0 Å². The molecule has 1 aromatic carbocycles. The van der Waals surface area contributed by atoms with Crippen molar-refractivity contribution < 1.29 is 17.6 Å². The van der Waals surface area contributed by atoms with Crippen LogP contribution in [-0.2, 0) is 12.7 Å². The summed E-state index contributed by atoms with van der Waals surface area (Å²) < 4.78 is 41.2. The van der Waals surface area contributed by atoms with Gasteiger partial charge in [-0.1, -0.05) is 18.2 Å². The third-order valence-electron chi connectivity index (χ3n) is 2.21. The fraction of sp³-hybridized carbons (Fsp3) is 0.182. The standard InChI is InChI=1S/C11H9F3N2O/c12-11(13,14)10-16-9(6-17-10)8-3-1-2-7(4-8)5-15/h1-4,6H,5,15H2. The predicted octanol–water partition coefficient (Wildman–Crippen LogP) is 2.82. The first-order chi connectivity index (χ1) is 8.00. The van der Waals surface area contributed by atoms with Crippen molar-refractivity contribution in [2.75, 3.05) is 0 Å². The number of oxazole rings is 1. The van der Waals surface area contributed by atoms with Crippen LogP contribution in [0.25, 0.3) is 11.3 Å². The maximum Gasteiger partial charge on any atom is 0.468 e. The molecule has 0 saturated carbocycles. The molecule has 0 atom stereocenters. The van der Waals surface area contributed by atoms with Gasteiger partial charge in [0, 0.05) is 12.1 Å². The van der Waals surface area contributed by atoms with Crippen molar-refractivity contribution in [3.05, 3.63) is 42.0 Å². The Morgan fingerprint density at radius 1 is 1.29 bits per heavy atom. The number of nitrogens with zero attached hydrogens (tertiary/aromatic N) is 1. The van der Waals surface area contributed by atoms with Crippen molar-refractivity contribution in [3.63, 3.8) is 0 Å². The number of nitrogens with two attached hydrogens (primary N) is 1. The molecule has 0 aliphatic carbocycles. The van der Waals surface area contributed by atoms with Crippen LogP contribution in [0.15, 0.2) is 34.9 Å². The SMILES string of the molecule is NCc1cccc(-c2coc(C(F)(F)F)n2)c1. The van der Waals surface area contributed by atoms with E-state index in [9.17, 15) is 13.2 Å². The summed E-state index contributed by atoms with van der Waals surface area (Å²) >= 11 is 0. The van der Waals surface area contributed by atoms with Gasteiger partial charge in [-0.15, -0.1) is 0 Å². The highest BCUT2D eigenvalue weighted by atomic mass is 19.4. The van der Waals surface area contributed by atoms with E-state index < -0.39 is 12.1 Å². The van der Waals surface area contributed by atoms with Gasteiger partial charge in [-0.3, -0.25) is 0 Å². The Morgan fingerprint density at radius 3 is 2.65 bits per heavy atom. The maximum atomic E-state index is 12.3. The zero-order valence-electron chi connectivity index (χ0n) is 8.66. The normalized spacial score (nSPS) is 11.8. The first kappa shape index (κ1) is 11.7. The first-order valence-electron chi connectivity index (χ1n) is 4.83. The van der Waals surface area contributed by atoms with Crippen molar-refractivity contribution in [2.24, 2.45) is 5.73 Å². The Bertz CT molecular complexity index is 519. The van der Waals surface area contributed by atoms with Gasteiger partial charge in [0.15, 0.2) is 0 Å². The highest BCUT2D eigenvalue weighted by molar-refractivity contribution is 5.58. The summed E-state index contributed by atoms with van der Waals surface area (Å²) in [5, 5.41) is 0. The molecule has 6 heteroatoms. The average molecular weight is 242 g/mol. The van der Waals surface area contributed by atoms with Crippen LogP contribution >= 0.6 is 0 Å². The Hall–Kier alpha value is -1.82. The van der Waals surface area contributed by atoms with E-state index in [1.165, 1.54) is 0 Å². The number of alkyl halides is 3. The molecule has 0 radical (unpaired) electrons. The lowest BCUT2D eigenvalue weighted by molar-refractivity contribution is -0.157. The molecule has 17 heavy (non-hydrogen) atoms. The minimum atomic E-state index is -4.57. The first-order valence-corrected chi connectivity index (χ1v) is 4.83. The Labute approximate surface area is 95.1 Å². The molecule has 0 aliphatic heterocycles. The number of halogens is 3. The third-order valence-corrected chi connectivity index (χ3v) is 2.21. The fourth-order valence-electron chi connectivity index (χ4n) is 1.39. The maximum absolute atomic E-state index is 12.3. The lowest BCUT2D eigenvalue weighted by atomic mass is 10.1. The van der Waals surface area contributed by atoms with Crippen LogP contribution in [0.3, 0.4) is 0 Å². The van der Waals surface area contributed by atoms with E-state index in [4.69, 9.17) is 5.73 Å². The second kappa shape index (κ2) is 4.21. The summed E-state index contributed by atoms with van der Waals surface area (Å²) in [7, 11) is 0. The lowest BCUT2D eigenvalue weighted by Crippen LogP contribution is -2.04. The number of aromatic nitrogens is 1. The molecule has 2 rings (SSSR count). The van der Waals surface area contributed by atoms with Crippen molar-refractivity contribution >= 4 is 0 Å². The molecule has 1 heterocycles. The van der Waals surface area contributed by atoms with Crippen LogP contribution in [0.5, 0.6) is 0 Å². The number of hydrogen-bond acceptors (Lipinski definition) is 3. The summed E-state index contributed by atoms with van der Waals surface area (Å²) in [5.74, 6) is -1.24. The summed E-state index contributed by atoms with van der Waals surface area (Å²) in [4.78, 5) is 3.39. The van der Waals surface area contributed by atoms with Gasteiger partial charge in [0.25, 0.3) is 0 Å². The fourth-order valence-corrected chi connectivity index (χ4v) is 1.39. The molecule has 0 spiro atoms. The van der Waals surface area contributed by atoms with Gasteiger partial charge in [-0.25, -0.2) is 4.98 Å². The van der Waals surface area contributed by atoms with Crippen LogP contribution in [0.4, 0.5) is 13.2 Å². The van der Waals surface area contributed by atoms with E-state index >= 15 is 0 Å². The monoisotopic (exact) mass is 242 g/mol. The molecule has 0 saturated heterocycles. The molecule has 1 aromatic heterocycles. The molecule has 0 aliphatic rings. The Morgan fingerprint density at radius 2 is 2.06 bits per heavy atom. The predicted molar refractivity (Wildman–Crippen MR) is 54.8 cm³/mol. The van der Waals surface area contributed by atoms with Gasteiger partial charge in [0.2, 0.25) is 0 Å². The lowest BCUT2D eigenvalue weighted by Gasteiger charge is -2.00. The number of hydrogen-bond donors (Lipinski definition) is 1. The van der Waals surface area contributed by atoms with E-state index in [0.717, 1.165) is 11.8 Å². The van der Waals surface area contributed by atoms with Gasteiger partial charge >= 0.3 is 12.1 Å². The van der Waals surface area contributed by atoms with Gasteiger partial charge in [-0.2, -0.15) is 13.2 Å². The molecule has 90 valence electrons. The highest BCUT2D eigenvalue weighted by Crippen LogP contribution is 2.30. The van der Waals surface area contributed by atoms with E-state index in [0.29, 0.717) is 12.1 Å². The largest absolute Gasteiger partial charge is 0.468 e. The summed E-state index contributed by atoms with van der Waals surface area (Å²) in [6.07, 6.45) is -3.58. The molecule has 3 nitrogen and oxygen atoms in total. The van der Waals surface area contributed by atoms with Gasteiger partial charge in [0.05, 0.1) is 0 Å². The third kappa shape index (κ3) is 2.47. The molecule has 0 unspecified atom stereocenters. The van der Waals surface area contributed by atoms with E-state index in [2.05, 4.69) is 9.40 Å². The van der Waals surface area contributed by atoms with E-state index in [1.807, 2.05) is 0 Å². The highest BCUT2D eigenvalue weighted by Gasteiger charge is 2.37. The molecular weight excluding hydrogens is 233 g/mol. The van der Waals surface area contributed by atoms with Crippen LogP contribution in [0.1, 0.15) is 11.5 Å². The second-order valence-corrected chi connectivity index (χ2v) is 3.44. The minimum Gasteiger partial charge on any atom is -0.441 e. The van der Waals surface area contributed by atoms with Crippen molar-refractivity contribution in [1.82, 2.24) is 4.98 Å². The quantitative estimate of drug-likeness (QED) is 0.880.